The van der Waals surface area contributed by atoms with E-state index in [1.807, 2.05) is 24.3 Å². The molecule has 0 spiro atoms. The first-order chi connectivity index (χ1) is 10.3. The van der Waals surface area contributed by atoms with Crippen LogP contribution in [0.3, 0.4) is 0 Å². The minimum Gasteiger partial charge on any atom is -0.493 e. The summed E-state index contributed by atoms with van der Waals surface area (Å²) in [7, 11) is 0. The fourth-order valence-corrected chi connectivity index (χ4v) is 1.66. The highest BCUT2D eigenvalue weighted by Gasteiger charge is 2.14. The van der Waals surface area contributed by atoms with Crippen molar-refractivity contribution in [2.24, 2.45) is 0 Å². The van der Waals surface area contributed by atoms with E-state index in [1.165, 1.54) is 0 Å². The fourth-order valence-electron chi connectivity index (χ4n) is 1.66. The van der Waals surface area contributed by atoms with Gasteiger partial charge in [-0.05, 0) is 24.3 Å². The van der Waals surface area contributed by atoms with Gasteiger partial charge in [0.15, 0.2) is 6.61 Å². The standard InChI is InChI=1S/C17H16O4/c18-16(11-12-20-14-7-3-1-4-8-14)17(19)13-21-15-9-5-2-6-10-15/h1-10H,11-13H2. The van der Waals surface area contributed by atoms with Gasteiger partial charge in [0.25, 0.3) is 0 Å². The van der Waals surface area contributed by atoms with E-state index in [9.17, 15) is 9.59 Å². The van der Waals surface area contributed by atoms with Crippen molar-refractivity contribution in [1.29, 1.82) is 0 Å². The van der Waals surface area contributed by atoms with Crippen LogP contribution >= 0.6 is 0 Å². The van der Waals surface area contributed by atoms with Crippen molar-refractivity contribution in [1.82, 2.24) is 0 Å². The molecule has 0 fully saturated rings. The summed E-state index contributed by atoms with van der Waals surface area (Å²) in [6.07, 6.45) is 0.0475. The maximum atomic E-state index is 11.6. The molecule has 21 heavy (non-hydrogen) atoms. The van der Waals surface area contributed by atoms with Gasteiger partial charge in [-0.15, -0.1) is 0 Å². The van der Waals surface area contributed by atoms with Gasteiger partial charge in [0.1, 0.15) is 11.5 Å². The van der Waals surface area contributed by atoms with E-state index < -0.39 is 11.6 Å². The smallest absolute Gasteiger partial charge is 0.235 e. The molecule has 0 saturated carbocycles. The molecule has 0 heterocycles. The molecule has 0 radical (unpaired) electrons. The van der Waals surface area contributed by atoms with E-state index in [-0.39, 0.29) is 19.6 Å². The number of Topliss-reactive ketones (excluding diaryl/α,β-unsaturated/α-hetero) is 2. The number of ketones is 2. The summed E-state index contributed by atoms with van der Waals surface area (Å²) in [6.45, 7) is -0.0614. The Bertz CT molecular complexity index is 578. The maximum absolute atomic E-state index is 11.6. The second kappa shape index (κ2) is 7.85. The zero-order valence-electron chi connectivity index (χ0n) is 11.5. The molecular formula is C17H16O4. The first-order valence-electron chi connectivity index (χ1n) is 6.67. The molecule has 4 heteroatoms. The van der Waals surface area contributed by atoms with Crippen molar-refractivity contribution < 1.29 is 19.1 Å². The van der Waals surface area contributed by atoms with Gasteiger partial charge in [0.2, 0.25) is 11.6 Å². The first-order valence-corrected chi connectivity index (χ1v) is 6.67. The van der Waals surface area contributed by atoms with Crippen LogP contribution < -0.4 is 9.47 Å². The lowest BCUT2D eigenvalue weighted by molar-refractivity contribution is -0.138. The fraction of sp³-hybridized carbons (Fsp3) is 0.176. The number of benzene rings is 2. The summed E-state index contributed by atoms with van der Waals surface area (Å²) in [6, 6.07) is 18.1. The molecule has 0 N–H and O–H groups in total. The van der Waals surface area contributed by atoms with Gasteiger partial charge >= 0.3 is 0 Å². The van der Waals surface area contributed by atoms with E-state index in [0.717, 1.165) is 0 Å². The molecule has 2 aromatic carbocycles. The van der Waals surface area contributed by atoms with Gasteiger partial charge in [-0.2, -0.15) is 0 Å². The highest BCUT2D eigenvalue weighted by Crippen LogP contribution is 2.09. The molecule has 0 aliphatic rings. The van der Waals surface area contributed by atoms with Crippen molar-refractivity contribution in [3.63, 3.8) is 0 Å². The summed E-state index contributed by atoms with van der Waals surface area (Å²) in [4.78, 5) is 23.3. The van der Waals surface area contributed by atoms with Gasteiger partial charge in [-0.1, -0.05) is 36.4 Å². The normalized spacial score (nSPS) is 9.90. The Hall–Kier alpha value is -2.62. The van der Waals surface area contributed by atoms with Gasteiger partial charge in [0.05, 0.1) is 6.61 Å². The topological polar surface area (TPSA) is 52.6 Å². The minimum atomic E-state index is -0.546. The summed E-state index contributed by atoms with van der Waals surface area (Å²) in [5.74, 6) is 0.217. The third kappa shape index (κ3) is 5.10. The largest absolute Gasteiger partial charge is 0.493 e. The maximum Gasteiger partial charge on any atom is 0.235 e. The zero-order chi connectivity index (χ0) is 14.9. The van der Waals surface area contributed by atoms with E-state index in [1.54, 1.807) is 36.4 Å². The van der Waals surface area contributed by atoms with Crippen LogP contribution in [0.4, 0.5) is 0 Å². The van der Waals surface area contributed by atoms with Gasteiger partial charge in [0, 0.05) is 6.42 Å². The summed E-state index contributed by atoms with van der Waals surface area (Å²) in [5, 5.41) is 0. The lowest BCUT2D eigenvalue weighted by Gasteiger charge is -2.06. The quantitative estimate of drug-likeness (QED) is 0.699. The number of hydrogen-bond donors (Lipinski definition) is 0. The number of rotatable bonds is 8. The zero-order valence-corrected chi connectivity index (χ0v) is 11.5. The number of carbonyl (C=O) groups excluding carboxylic acids is 2. The van der Waals surface area contributed by atoms with Gasteiger partial charge < -0.3 is 9.47 Å². The molecule has 0 aliphatic carbocycles. The van der Waals surface area contributed by atoms with E-state index in [0.29, 0.717) is 11.5 Å². The Labute approximate surface area is 123 Å². The Kier molecular flexibility index (Phi) is 5.52. The average Bonchev–Trinajstić information content (AvgIpc) is 2.54. The molecule has 2 aromatic rings. The predicted octanol–water partition coefficient (Wildman–Crippen LogP) is 2.67. The molecule has 0 aromatic heterocycles. The van der Waals surface area contributed by atoms with Crippen LogP contribution in [0.15, 0.2) is 60.7 Å². The molecule has 0 amide bonds. The van der Waals surface area contributed by atoms with Crippen molar-refractivity contribution >= 4 is 11.6 Å². The highest BCUT2D eigenvalue weighted by molar-refractivity contribution is 6.37. The number of hydrogen-bond acceptors (Lipinski definition) is 4. The Morgan fingerprint density at radius 3 is 1.81 bits per heavy atom. The van der Waals surface area contributed by atoms with Crippen molar-refractivity contribution in [3.05, 3.63) is 60.7 Å². The molecule has 0 saturated heterocycles. The van der Waals surface area contributed by atoms with E-state index in [2.05, 4.69) is 0 Å². The summed E-state index contributed by atoms with van der Waals surface area (Å²) in [5.41, 5.74) is 0. The highest BCUT2D eigenvalue weighted by atomic mass is 16.5. The second-order valence-electron chi connectivity index (χ2n) is 4.36. The van der Waals surface area contributed by atoms with Crippen LogP contribution in [0.1, 0.15) is 6.42 Å². The van der Waals surface area contributed by atoms with Crippen LogP contribution in [0.5, 0.6) is 11.5 Å². The lowest BCUT2D eigenvalue weighted by atomic mass is 10.2. The van der Waals surface area contributed by atoms with Crippen LogP contribution in [-0.4, -0.2) is 24.8 Å². The predicted molar refractivity (Wildman–Crippen MR) is 78.5 cm³/mol. The Morgan fingerprint density at radius 1 is 0.714 bits per heavy atom. The molecule has 0 aliphatic heterocycles. The van der Waals surface area contributed by atoms with Crippen LogP contribution in [0.25, 0.3) is 0 Å². The molecule has 108 valence electrons. The van der Waals surface area contributed by atoms with Crippen LogP contribution in [0, 0.1) is 0 Å². The molecule has 0 atom stereocenters. The Morgan fingerprint density at radius 2 is 1.24 bits per heavy atom. The van der Waals surface area contributed by atoms with Crippen molar-refractivity contribution in [2.45, 2.75) is 6.42 Å². The van der Waals surface area contributed by atoms with Crippen molar-refractivity contribution in [2.75, 3.05) is 13.2 Å². The van der Waals surface area contributed by atoms with Gasteiger partial charge in [-0.3, -0.25) is 9.59 Å². The molecule has 0 unspecified atom stereocenters. The molecular weight excluding hydrogens is 268 g/mol. The second-order valence-corrected chi connectivity index (χ2v) is 4.36. The number of ether oxygens (including phenoxy) is 2. The number of carbonyl (C=O) groups is 2. The molecule has 2 rings (SSSR count). The third-order valence-corrected chi connectivity index (χ3v) is 2.77. The monoisotopic (exact) mass is 284 g/mol. The Balaban J connectivity index is 1.69. The van der Waals surface area contributed by atoms with E-state index in [4.69, 9.17) is 9.47 Å². The first kappa shape index (κ1) is 14.8. The molecule has 4 nitrogen and oxygen atoms in total. The van der Waals surface area contributed by atoms with Crippen LogP contribution in [-0.2, 0) is 9.59 Å². The molecule has 0 bridgehead atoms. The lowest BCUT2D eigenvalue weighted by Crippen LogP contribution is -2.23. The van der Waals surface area contributed by atoms with E-state index >= 15 is 0 Å². The van der Waals surface area contributed by atoms with Crippen molar-refractivity contribution in [3.8, 4) is 11.5 Å². The average molecular weight is 284 g/mol. The summed E-state index contributed by atoms with van der Waals surface area (Å²) < 4.78 is 10.6. The van der Waals surface area contributed by atoms with Gasteiger partial charge in [-0.25, -0.2) is 0 Å². The van der Waals surface area contributed by atoms with Crippen LogP contribution in [0.2, 0.25) is 0 Å². The summed E-state index contributed by atoms with van der Waals surface area (Å²) >= 11 is 0. The number of para-hydroxylation sites is 2. The third-order valence-electron chi connectivity index (χ3n) is 2.77. The SMILES string of the molecule is O=C(CCOc1ccccc1)C(=O)COc1ccccc1. The minimum absolute atomic E-state index is 0.0475.